The third kappa shape index (κ3) is 2.64. The predicted octanol–water partition coefficient (Wildman–Crippen LogP) is 3.89. The van der Waals surface area contributed by atoms with E-state index in [9.17, 15) is 4.79 Å². The minimum absolute atomic E-state index is 0.0203. The van der Waals surface area contributed by atoms with Crippen LogP contribution in [0.3, 0.4) is 0 Å². The Kier molecular flexibility index (Phi) is 3.53. The van der Waals surface area contributed by atoms with Crippen molar-refractivity contribution >= 4 is 17.5 Å². The lowest BCUT2D eigenvalue weighted by Gasteiger charge is -2.28. The van der Waals surface area contributed by atoms with Gasteiger partial charge in [-0.3, -0.25) is 4.79 Å². The Bertz CT molecular complexity index is 470. The fourth-order valence-corrected chi connectivity index (χ4v) is 4.03. The molecule has 0 heterocycles. The number of hydrogen-bond donors (Lipinski definition) is 1. The monoisotopic (exact) mass is 277 g/mol. The van der Waals surface area contributed by atoms with Crippen LogP contribution in [-0.4, -0.2) is 11.9 Å². The summed E-state index contributed by atoms with van der Waals surface area (Å²) >= 11 is 5.84. The molecule has 1 N–H and O–H groups in total. The smallest absolute Gasteiger partial charge is 0.251 e. The van der Waals surface area contributed by atoms with E-state index in [1.165, 1.54) is 25.7 Å². The summed E-state index contributed by atoms with van der Waals surface area (Å²) in [6.07, 6.45) is 5.44. The van der Waals surface area contributed by atoms with Gasteiger partial charge in [0, 0.05) is 16.6 Å². The van der Waals surface area contributed by atoms with Crippen LogP contribution >= 0.6 is 11.6 Å². The van der Waals surface area contributed by atoms with Crippen LogP contribution in [0, 0.1) is 17.8 Å². The Morgan fingerprint density at radius 3 is 2.58 bits per heavy atom. The maximum Gasteiger partial charge on any atom is 0.251 e. The van der Waals surface area contributed by atoms with Crippen molar-refractivity contribution in [1.29, 1.82) is 0 Å². The standard InChI is InChI=1S/C16H20ClNO/c1-10(15-9-11-2-3-13(15)8-11)18-16(19)12-4-6-14(17)7-5-12/h4-7,10-11,13,15H,2-3,8-9H2,1H3,(H,18,19)/t10-,11+,13+,15+/m1/s1. The fraction of sp³-hybridized carbons (Fsp3) is 0.562. The minimum Gasteiger partial charge on any atom is -0.349 e. The number of nitrogens with one attached hydrogen (secondary N) is 1. The third-order valence-corrected chi connectivity index (χ3v) is 5.15. The van der Waals surface area contributed by atoms with Gasteiger partial charge in [0.1, 0.15) is 0 Å². The first kappa shape index (κ1) is 13.0. The van der Waals surface area contributed by atoms with Gasteiger partial charge in [0.05, 0.1) is 0 Å². The van der Waals surface area contributed by atoms with E-state index in [1.54, 1.807) is 24.3 Å². The molecule has 0 saturated heterocycles. The number of benzene rings is 1. The highest BCUT2D eigenvalue weighted by Gasteiger charge is 2.42. The molecular formula is C16H20ClNO. The lowest BCUT2D eigenvalue weighted by Crippen LogP contribution is -2.40. The van der Waals surface area contributed by atoms with Gasteiger partial charge in [0.15, 0.2) is 0 Å². The molecule has 0 aromatic heterocycles. The van der Waals surface area contributed by atoms with Crippen LogP contribution in [0.5, 0.6) is 0 Å². The van der Waals surface area contributed by atoms with Crippen molar-refractivity contribution in [3.05, 3.63) is 34.9 Å². The molecule has 102 valence electrons. The number of halogens is 1. The number of rotatable bonds is 3. The SMILES string of the molecule is C[C@@H](NC(=O)c1ccc(Cl)cc1)[C@@H]1C[C@H]2CC[C@H]1C2. The van der Waals surface area contributed by atoms with E-state index < -0.39 is 0 Å². The summed E-state index contributed by atoms with van der Waals surface area (Å²) in [7, 11) is 0. The quantitative estimate of drug-likeness (QED) is 0.892. The number of amides is 1. The van der Waals surface area contributed by atoms with Crippen LogP contribution in [-0.2, 0) is 0 Å². The van der Waals surface area contributed by atoms with Crippen LogP contribution in [0.4, 0.5) is 0 Å². The largest absolute Gasteiger partial charge is 0.349 e. The van der Waals surface area contributed by atoms with E-state index in [1.807, 2.05) is 0 Å². The van der Waals surface area contributed by atoms with Crippen molar-refractivity contribution in [1.82, 2.24) is 5.32 Å². The highest BCUT2D eigenvalue weighted by molar-refractivity contribution is 6.30. The molecule has 1 amide bonds. The lowest BCUT2D eigenvalue weighted by molar-refractivity contribution is 0.0915. The Hall–Kier alpha value is -1.02. The topological polar surface area (TPSA) is 29.1 Å². The Morgan fingerprint density at radius 2 is 2.00 bits per heavy atom. The third-order valence-electron chi connectivity index (χ3n) is 4.90. The summed E-state index contributed by atoms with van der Waals surface area (Å²) in [4.78, 5) is 12.2. The zero-order valence-corrected chi connectivity index (χ0v) is 12.0. The molecule has 2 fully saturated rings. The van der Waals surface area contributed by atoms with E-state index in [-0.39, 0.29) is 11.9 Å². The van der Waals surface area contributed by atoms with Crippen LogP contribution in [0.2, 0.25) is 5.02 Å². The number of carbonyl (C=O) groups is 1. The second kappa shape index (κ2) is 5.16. The maximum absolute atomic E-state index is 12.2. The van der Waals surface area contributed by atoms with E-state index in [0.29, 0.717) is 16.5 Å². The van der Waals surface area contributed by atoms with Gasteiger partial charge in [-0.25, -0.2) is 0 Å². The van der Waals surface area contributed by atoms with Gasteiger partial charge in [-0.2, -0.15) is 0 Å². The summed E-state index contributed by atoms with van der Waals surface area (Å²) in [5, 5.41) is 3.82. The van der Waals surface area contributed by atoms with Crippen molar-refractivity contribution in [2.45, 2.75) is 38.6 Å². The van der Waals surface area contributed by atoms with Gasteiger partial charge >= 0.3 is 0 Å². The normalized spacial score (nSPS) is 30.3. The molecule has 3 rings (SSSR count). The van der Waals surface area contributed by atoms with Crippen molar-refractivity contribution < 1.29 is 4.79 Å². The van der Waals surface area contributed by atoms with Crippen LogP contribution in [0.15, 0.2) is 24.3 Å². The van der Waals surface area contributed by atoms with E-state index in [2.05, 4.69) is 12.2 Å². The summed E-state index contributed by atoms with van der Waals surface area (Å²) in [6, 6.07) is 7.37. The Balaban J connectivity index is 1.61. The summed E-state index contributed by atoms with van der Waals surface area (Å²) in [5.74, 6) is 2.46. The van der Waals surface area contributed by atoms with Gasteiger partial charge in [-0.15, -0.1) is 0 Å². The molecule has 2 bridgehead atoms. The molecule has 2 nitrogen and oxygen atoms in total. The van der Waals surface area contributed by atoms with Crippen molar-refractivity contribution in [3.63, 3.8) is 0 Å². The molecule has 0 radical (unpaired) electrons. The Labute approximate surface area is 119 Å². The number of hydrogen-bond acceptors (Lipinski definition) is 1. The molecule has 2 saturated carbocycles. The average molecular weight is 278 g/mol. The minimum atomic E-state index is 0.0203. The number of carbonyl (C=O) groups excluding carboxylic acids is 1. The van der Waals surface area contributed by atoms with Crippen LogP contribution in [0.25, 0.3) is 0 Å². The highest BCUT2D eigenvalue weighted by Crippen LogP contribution is 2.49. The first-order valence-corrected chi connectivity index (χ1v) is 7.57. The summed E-state index contributed by atoms with van der Waals surface area (Å²) in [5.41, 5.74) is 0.694. The van der Waals surface area contributed by atoms with Gasteiger partial charge < -0.3 is 5.32 Å². The molecule has 19 heavy (non-hydrogen) atoms. The molecule has 2 aliphatic rings. The predicted molar refractivity (Wildman–Crippen MR) is 77.3 cm³/mol. The number of fused-ring (bicyclic) bond motifs is 2. The molecule has 3 heteroatoms. The van der Waals surface area contributed by atoms with E-state index in [0.717, 1.165) is 11.8 Å². The molecule has 2 aliphatic carbocycles. The second-order valence-corrected chi connectivity index (χ2v) is 6.54. The molecule has 4 atom stereocenters. The van der Waals surface area contributed by atoms with Crippen molar-refractivity contribution in [3.8, 4) is 0 Å². The lowest BCUT2D eigenvalue weighted by atomic mass is 9.84. The van der Waals surface area contributed by atoms with Crippen molar-refractivity contribution in [2.24, 2.45) is 17.8 Å². The van der Waals surface area contributed by atoms with E-state index >= 15 is 0 Å². The molecule has 0 aliphatic heterocycles. The molecule has 0 spiro atoms. The summed E-state index contributed by atoms with van der Waals surface area (Å²) < 4.78 is 0. The van der Waals surface area contributed by atoms with Crippen molar-refractivity contribution in [2.75, 3.05) is 0 Å². The summed E-state index contributed by atoms with van der Waals surface area (Å²) in [6.45, 7) is 2.15. The van der Waals surface area contributed by atoms with Gasteiger partial charge in [-0.1, -0.05) is 18.0 Å². The van der Waals surface area contributed by atoms with Crippen LogP contribution < -0.4 is 5.32 Å². The average Bonchev–Trinajstić information content (AvgIpc) is 3.01. The first-order chi connectivity index (χ1) is 9.13. The first-order valence-electron chi connectivity index (χ1n) is 7.20. The Morgan fingerprint density at radius 1 is 1.26 bits per heavy atom. The van der Waals surface area contributed by atoms with E-state index in [4.69, 9.17) is 11.6 Å². The second-order valence-electron chi connectivity index (χ2n) is 6.11. The zero-order valence-electron chi connectivity index (χ0n) is 11.2. The van der Waals surface area contributed by atoms with Gasteiger partial charge in [0.25, 0.3) is 5.91 Å². The molecule has 1 aromatic carbocycles. The molecule has 1 aromatic rings. The highest BCUT2D eigenvalue weighted by atomic mass is 35.5. The molecular weight excluding hydrogens is 258 g/mol. The van der Waals surface area contributed by atoms with Crippen LogP contribution in [0.1, 0.15) is 43.0 Å². The van der Waals surface area contributed by atoms with Gasteiger partial charge in [-0.05, 0) is 68.2 Å². The van der Waals surface area contributed by atoms with Gasteiger partial charge in [0.2, 0.25) is 0 Å². The molecule has 0 unspecified atom stereocenters. The fourth-order valence-electron chi connectivity index (χ4n) is 3.90. The maximum atomic E-state index is 12.2. The zero-order chi connectivity index (χ0) is 13.4.